The van der Waals surface area contributed by atoms with Crippen LogP contribution in [0.15, 0.2) is 66.7 Å². The van der Waals surface area contributed by atoms with E-state index in [2.05, 4.69) is 0 Å². The van der Waals surface area contributed by atoms with E-state index < -0.39 is 6.10 Å². The average molecular weight is 577 g/mol. The quantitative estimate of drug-likeness (QED) is 0.249. The van der Waals surface area contributed by atoms with Gasteiger partial charge in [-0.3, -0.25) is 0 Å². The third-order valence-electron chi connectivity index (χ3n) is 7.64. The van der Waals surface area contributed by atoms with Crippen LogP contribution in [-0.2, 0) is 28.9 Å². The van der Waals surface area contributed by atoms with E-state index in [0.717, 1.165) is 33.4 Å². The molecule has 0 fully saturated rings. The predicted octanol–water partition coefficient (Wildman–Crippen LogP) is 7.26. The number of aromatic hydroxyl groups is 2. The van der Waals surface area contributed by atoms with Crippen LogP contribution in [0.1, 0.15) is 47.8 Å². The van der Waals surface area contributed by atoms with Gasteiger partial charge in [0.2, 0.25) is 0 Å². The maximum atomic E-state index is 13.7. The summed E-state index contributed by atoms with van der Waals surface area (Å²) in [6, 6.07) is 17.6. The highest BCUT2D eigenvalue weighted by molar-refractivity contribution is 5.83. The Morgan fingerprint density at radius 2 is 1.40 bits per heavy atom. The monoisotopic (exact) mass is 576 g/mol. The minimum absolute atomic E-state index is 0.0421. The summed E-state index contributed by atoms with van der Waals surface area (Å²) < 4.78 is 49.3. The molecular formula is C34H34F2O6. The molecule has 8 heteroatoms. The third kappa shape index (κ3) is 5.78. The molecule has 0 aromatic heterocycles. The fraction of sp³-hybridized carbons (Fsp3) is 0.294. The second kappa shape index (κ2) is 12.4. The average Bonchev–Trinajstić information content (AvgIpc) is 2.99. The molecule has 6 nitrogen and oxygen atoms in total. The van der Waals surface area contributed by atoms with Gasteiger partial charge in [0.1, 0.15) is 29.2 Å². The van der Waals surface area contributed by atoms with Crippen molar-refractivity contribution in [2.24, 2.45) is 0 Å². The molecule has 0 amide bonds. The Balaban J connectivity index is 0.000000442. The van der Waals surface area contributed by atoms with Crippen molar-refractivity contribution in [2.75, 3.05) is 14.2 Å². The van der Waals surface area contributed by atoms with Crippen LogP contribution in [0.2, 0.25) is 0 Å². The zero-order valence-electron chi connectivity index (χ0n) is 24.0. The van der Waals surface area contributed by atoms with Gasteiger partial charge in [-0.25, -0.2) is 8.78 Å². The first-order chi connectivity index (χ1) is 20.2. The van der Waals surface area contributed by atoms with Gasteiger partial charge in [-0.15, -0.1) is 0 Å². The molecule has 0 radical (unpaired) electrons. The zero-order valence-corrected chi connectivity index (χ0v) is 24.0. The van der Waals surface area contributed by atoms with Crippen molar-refractivity contribution < 1.29 is 37.9 Å². The van der Waals surface area contributed by atoms with Gasteiger partial charge in [0.25, 0.3) is 0 Å². The Labute approximate surface area is 244 Å². The fourth-order valence-electron chi connectivity index (χ4n) is 5.70. The standard InChI is InChI=1S/C28H29FO6.C6H5F/c1-14-9-18-19(11-22(30)27(31)21(18)13-34-14)25-20-10-15(2)35-28(16-5-7-17(29)8-6-16)26(20)24(33-4)12-23(25)32-3;7-6-4-2-1-3-5-6/h5-8,11-12,14-15,28,30-31H,9-10,13H2,1-4H3;1-5H. The van der Waals surface area contributed by atoms with Crippen LogP contribution in [0.25, 0.3) is 11.1 Å². The van der Waals surface area contributed by atoms with Crippen molar-refractivity contribution in [1.82, 2.24) is 0 Å². The Morgan fingerprint density at radius 3 is 2.02 bits per heavy atom. The van der Waals surface area contributed by atoms with Crippen LogP contribution in [0.5, 0.6) is 23.0 Å². The number of halogens is 2. The second-order valence-electron chi connectivity index (χ2n) is 10.5. The summed E-state index contributed by atoms with van der Waals surface area (Å²) in [5, 5.41) is 21.2. The second-order valence-corrected chi connectivity index (χ2v) is 10.5. The molecule has 0 spiro atoms. The van der Waals surface area contributed by atoms with Crippen molar-refractivity contribution in [3.8, 4) is 34.1 Å². The summed E-state index contributed by atoms with van der Waals surface area (Å²) in [5.74, 6) is 0.344. The highest BCUT2D eigenvalue weighted by Crippen LogP contribution is 2.51. The number of ether oxygens (including phenoxy) is 4. The van der Waals surface area contributed by atoms with Crippen LogP contribution >= 0.6 is 0 Å². The molecule has 0 saturated heterocycles. The molecule has 4 aromatic rings. The van der Waals surface area contributed by atoms with E-state index in [1.807, 2.05) is 19.9 Å². The molecule has 2 aliphatic heterocycles. The molecule has 6 rings (SSSR count). The maximum Gasteiger partial charge on any atom is 0.163 e. The van der Waals surface area contributed by atoms with Crippen molar-refractivity contribution >= 4 is 0 Å². The number of benzene rings is 4. The summed E-state index contributed by atoms with van der Waals surface area (Å²) in [6.07, 6.45) is 0.503. The summed E-state index contributed by atoms with van der Waals surface area (Å²) in [5.41, 5.74) is 5.74. The molecule has 0 saturated carbocycles. The smallest absolute Gasteiger partial charge is 0.163 e. The fourth-order valence-corrected chi connectivity index (χ4v) is 5.70. The van der Waals surface area contributed by atoms with E-state index in [9.17, 15) is 19.0 Å². The van der Waals surface area contributed by atoms with E-state index in [-0.39, 0.29) is 41.9 Å². The first-order valence-electron chi connectivity index (χ1n) is 13.8. The number of hydrogen-bond donors (Lipinski definition) is 2. The van der Waals surface area contributed by atoms with Gasteiger partial charge in [-0.05, 0) is 79.3 Å². The lowest BCUT2D eigenvalue weighted by Gasteiger charge is -2.35. The molecule has 0 bridgehead atoms. The first-order valence-corrected chi connectivity index (χ1v) is 13.8. The molecular weight excluding hydrogens is 542 g/mol. The van der Waals surface area contributed by atoms with Crippen molar-refractivity contribution in [2.45, 2.75) is 51.6 Å². The lowest BCUT2D eigenvalue weighted by molar-refractivity contribution is 0.00596. The Morgan fingerprint density at radius 1 is 0.762 bits per heavy atom. The summed E-state index contributed by atoms with van der Waals surface area (Å²) in [7, 11) is 3.20. The van der Waals surface area contributed by atoms with Gasteiger partial charge < -0.3 is 29.2 Å². The van der Waals surface area contributed by atoms with Gasteiger partial charge in [0.05, 0.1) is 33.0 Å². The topological polar surface area (TPSA) is 77.4 Å². The Bertz CT molecular complexity index is 1560. The molecule has 2 N–H and O–H groups in total. The van der Waals surface area contributed by atoms with Crippen LogP contribution in [0.3, 0.4) is 0 Å². The largest absolute Gasteiger partial charge is 0.504 e. The molecule has 42 heavy (non-hydrogen) atoms. The molecule has 4 aromatic carbocycles. The number of fused-ring (bicyclic) bond motifs is 2. The SMILES string of the molecule is COc1cc(OC)c2c(c1-c1cc(O)c(O)c3c1CC(C)OC3)CC(C)OC2c1ccc(F)cc1.Fc1ccccc1. The van der Waals surface area contributed by atoms with E-state index in [1.165, 1.54) is 24.3 Å². The number of rotatable bonds is 4. The van der Waals surface area contributed by atoms with Crippen LogP contribution < -0.4 is 9.47 Å². The highest BCUT2D eigenvalue weighted by Gasteiger charge is 2.35. The van der Waals surface area contributed by atoms with Gasteiger partial charge in [-0.1, -0.05) is 30.3 Å². The lowest BCUT2D eigenvalue weighted by Crippen LogP contribution is -2.26. The first kappa shape index (κ1) is 29.4. The van der Waals surface area contributed by atoms with E-state index in [4.69, 9.17) is 18.9 Å². The summed E-state index contributed by atoms with van der Waals surface area (Å²) in [6.45, 7) is 4.19. The molecule has 220 valence electrons. The zero-order chi connectivity index (χ0) is 30.0. The molecule has 0 aliphatic carbocycles. The number of methoxy groups -OCH3 is 2. The lowest BCUT2D eigenvalue weighted by atomic mass is 9.81. The van der Waals surface area contributed by atoms with Gasteiger partial charge in [0, 0.05) is 22.8 Å². The summed E-state index contributed by atoms with van der Waals surface area (Å²) in [4.78, 5) is 0. The Hall–Kier alpha value is -4.14. The summed E-state index contributed by atoms with van der Waals surface area (Å²) >= 11 is 0. The molecule has 2 heterocycles. The predicted molar refractivity (Wildman–Crippen MR) is 155 cm³/mol. The maximum absolute atomic E-state index is 13.7. The Kier molecular flexibility index (Phi) is 8.66. The third-order valence-corrected chi connectivity index (χ3v) is 7.64. The molecule has 3 unspecified atom stereocenters. The highest BCUT2D eigenvalue weighted by atomic mass is 19.1. The van der Waals surface area contributed by atoms with Gasteiger partial charge >= 0.3 is 0 Å². The van der Waals surface area contributed by atoms with Crippen LogP contribution in [-0.4, -0.2) is 36.6 Å². The normalized spacial score (nSPS) is 19.1. The van der Waals surface area contributed by atoms with E-state index >= 15 is 0 Å². The minimum Gasteiger partial charge on any atom is -0.504 e. The number of phenolic OH excluding ortho intramolecular Hbond substituents is 2. The van der Waals surface area contributed by atoms with Gasteiger partial charge in [-0.2, -0.15) is 0 Å². The van der Waals surface area contributed by atoms with Crippen molar-refractivity contribution in [1.29, 1.82) is 0 Å². The number of phenols is 2. The van der Waals surface area contributed by atoms with Crippen molar-refractivity contribution in [3.05, 3.63) is 106 Å². The van der Waals surface area contributed by atoms with Crippen molar-refractivity contribution in [3.63, 3.8) is 0 Å². The number of hydrogen-bond acceptors (Lipinski definition) is 6. The molecule has 3 atom stereocenters. The van der Waals surface area contributed by atoms with Gasteiger partial charge in [0.15, 0.2) is 11.5 Å². The van der Waals surface area contributed by atoms with Crippen LogP contribution in [0, 0.1) is 11.6 Å². The minimum atomic E-state index is -0.474. The molecule has 2 aliphatic rings. The van der Waals surface area contributed by atoms with Crippen LogP contribution in [0.4, 0.5) is 8.78 Å². The van der Waals surface area contributed by atoms with E-state index in [1.54, 1.807) is 50.6 Å². The van der Waals surface area contributed by atoms with E-state index in [0.29, 0.717) is 29.9 Å².